The van der Waals surface area contributed by atoms with Crippen molar-refractivity contribution in [1.29, 1.82) is 0 Å². The zero-order valence-electron chi connectivity index (χ0n) is 16.4. The summed E-state index contributed by atoms with van der Waals surface area (Å²) in [6, 6.07) is 16.1. The standard InChI is InChI=1S/C22H17ClN6O2/c1-12(26-19-18-20(25-11-24-19)28-22(31)27-18)16-10-13-6-5-9-15(23)17(13)21(30)29(16)14-7-3-2-4-8-14/h2-12H,1H3,(H3,24,25,26,27,28,31)/t12-/m0/s1. The Morgan fingerprint density at radius 1 is 1.13 bits per heavy atom. The molecule has 5 rings (SSSR count). The molecule has 0 bridgehead atoms. The van der Waals surface area contributed by atoms with Crippen molar-refractivity contribution in [2.24, 2.45) is 0 Å². The molecule has 3 heterocycles. The number of imidazole rings is 1. The lowest BCUT2D eigenvalue weighted by Gasteiger charge is -2.21. The zero-order valence-corrected chi connectivity index (χ0v) is 17.1. The van der Waals surface area contributed by atoms with E-state index in [1.807, 2.05) is 55.5 Å². The lowest BCUT2D eigenvalue weighted by Crippen LogP contribution is -2.25. The Labute approximate surface area is 181 Å². The van der Waals surface area contributed by atoms with E-state index in [-0.39, 0.29) is 17.6 Å². The van der Waals surface area contributed by atoms with E-state index in [0.29, 0.717) is 27.4 Å². The number of pyridine rings is 1. The zero-order chi connectivity index (χ0) is 21.5. The first kappa shape index (κ1) is 19.1. The SMILES string of the molecule is C[C@H](Nc1ncnc2[nH]c(O)nc12)c1cc2cccc(Cl)c2c(=O)n1-c1ccccc1. The quantitative estimate of drug-likeness (QED) is 0.393. The number of nitrogens with one attached hydrogen (secondary N) is 2. The number of nitrogens with zero attached hydrogens (tertiary/aromatic N) is 4. The molecule has 0 aliphatic carbocycles. The Bertz CT molecular complexity index is 1480. The molecular weight excluding hydrogens is 416 g/mol. The number of aromatic nitrogens is 5. The number of para-hydroxylation sites is 1. The third-order valence-electron chi connectivity index (χ3n) is 5.11. The van der Waals surface area contributed by atoms with Crippen LogP contribution < -0.4 is 10.9 Å². The lowest BCUT2D eigenvalue weighted by atomic mass is 10.1. The molecule has 1 atom stereocenters. The van der Waals surface area contributed by atoms with Crippen LogP contribution in [0.2, 0.25) is 5.02 Å². The number of fused-ring (bicyclic) bond motifs is 2. The molecule has 0 radical (unpaired) electrons. The van der Waals surface area contributed by atoms with Gasteiger partial charge >= 0.3 is 0 Å². The molecule has 154 valence electrons. The molecule has 9 heteroatoms. The van der Waals surface area contributed by atoms with E-state index in [1.165, 1.54) is 6.33 Å². The molecule has 2 aromatic carbocycles. The van der Waals surface area contributed by atoms with Crippen molar-refractivity contribution < 1.29 is 5.11 Å². The predicted octanol–water partition coefficient (Wildman–Crippen LogP) is 4.19. The molecule has 31 heavy (non-hydrogen) atoms. The van der Waals surface area contributed by atoms with Crippen molar-refractivity contribution in [1.82, 2.24) is 24.5 Å². The normalized spacial score (nSPS) is 12.3. The summed E-state index contributed by atoms with van der Waals surface area (Å²) in [5.41, 5.74) is 2.06. The second kappa shape index (κ2) is 7.41. The summed E-state index contributed by atoms with van der Waals surface area (Å²) >= 11 is 6.37. The lowest BCUT2D eigenvalue weighted by molar-refractivity contribution is 0.438. The van der Waals surface area contributed by atoms with Crippen LogP contribution in [-0.4, -0.2) is 29.6 Å². The molecule has 8 nitrogen and oxygen atoms in total. The van der Waals surface area contributed by atoms with Gasteiger partial charge in [-0.25, -0.2) is 9.97 Å². The predicted molar refractivity (Wildman–Crippen MR) is 120 cm³/mol. The molecule has 0 spiro atoms. The maximum atomic E-state index is 13.5. The Balaban J connectivity index is 1.70. The average molecular weight is 433 g/mol. The number of rotatable bonds is 4. The topological polar surface area (TPSA) is 109 Å². The second-order valence-electron chi connectivity index (χ2n) is 7.10. The van der Waals surface area contributed by atoms with Crippen molar-refractivity contribution in [3.8, 4) is 11.7 Å². The smallest absolute Gasteiger partial charge is 0.293 e. The van der Waals surface area contributed by atoms with Gasteiger partial charge in [0.05, 0.1) is 16.5 Å². The minimum Gasteiger partial charge on any atom is -0.480 e. The number of H-pyrrole nitrogens is 1. The fraction of sp³-hybridized carbons (Fsp3) is 0.0909. The van der Waals surface area contributed by atoms with Crippen LogP contribution in [0, 0.1) is 0 Å². The monoisotopic (exact) mass is 432 g/mol. The molecule has 3 N–H and O–H groups in total. The molecule has 3 aromatic heterocycles. The van der Waals surface area contributed by atoms with Crippen molar-refractivity contribution in [2.45, 2.75) is 13.0 Å². The maximum absolute atomic E-state index is 13.5. The van der Waals surface area contributed by atoms with Crippen LogP contribution in [0.1, 0.15) is 18.7 Å². The van der Waals surface area contributed by atoms with Gasteiger partial charge in [-0.15, -0.1) is 0 Å². The van der Waals surface area contributed by atoms with Gasteiger partial charge in [-0.2, -0.15) is 4.98 Å². The molecule has 0 saturated carbocycles. The number of anilines is 1. The van der Waals surface area contributed by atoms with E-state index in [2.05, 4.69) is 25.3 Å². The van der Waals surface area contributed by atoms with Gasteiger partial charge in [0.25, 0.3) is 11.6 Å². The summed E-state index contributed by atoms with van der Waals surface area (Å²) in [7, 11) is 0. The molecule has 0 amide bonds. The van der Waals surface area contributed by atoms with Gasteiger partial charge < -0.3 is 10.4 Å². The first-order valence-electron chi connectivity index (χ1n) is 9.59. The minimum atomic E-state index is -0.340. The van der Waals surface area contributed by atoms with Gasteiger partial charge in [0.15, 0.2) is 17.0 Å². The van der Waals surface area contributed by atoms with Crippen molar-refractivity contribution in [3.63, 3.8) is 0 Å². The summed E-state index contributed by atoms with van der Waals surface area (Å²) in [6.07, 6.45) is 1.37. The molecule has 0 saturated heterocycles. The van der Waals surface area contributed by atoms with E-state index < -0.39 is 0 Å². The van der Waals surface area contributed by atoms with E-state index >= 15 is 0 Å². The van der Waals surface area contributed by atoms with Gasteiger partial charge in [0.1, 0.15) is 6.33 Å². The summed E-state index contributed by atoms with van der Waals surface area (Å²) in [4.78, 5) is 28.6. The van der Waals surface area contributed by atoms with Crippen LogP contribution in [0.15, 0.2) is 65.7 Å². The number of hydrogen-bond acceptors (Lipinski definition) is 6. The third kappa shape index (κ3) is 3.27. The summed E-state index contributed by atoms with van der Waals surface area (Å²) in [5, 5.41) is 14.6. The van der Waals surface area contributed by atoms with E-state index in [1.54, 1.807) is 10.6 Å². The highest BCUT2D eigenvalue weighted by Crippen LogP contribution is 2.28. The summed E-state index contributed by atoms with van der Waals surface area (Å²) in [6.45, 7) is 1.92. The average Bonchev–Trinajstić information content (AvgIpc) is 3.15. The van der Waals surface area contributed by atoms with Crippen molar-refractivity contribution in [2.75, 3.05) is 5.32 Å². The van der Waals surface area contributed by atoms with Crippen LogP contribution in [0.5, 0.6) is 6.01 Å². The first-order chi connectivity index (χ1) is 15.0. The van der Waals surface area contributed by atoms with Gasteiger partial charge in [-0.1, -0.05) is 41.9 Å². The molecule has 0 unspecified atom stereocenters. The highest BCUT2D eigenvalue weighted by molar-refractivity contribution is 6.35. The fourth-order valence-electron chi connectivity index (χ4n) is 3.70. The van der Waals surface area contributed by atoms with Crippen molar-refractivity contribution >= 4 is 39.4 Å². The van der Waals surface area contributed by atoms with Gasteiger partial charge in [-0.3, -0.25) is 14.3 Å². The summed E-state index contributed by atoms with van der Waals surface area (Å²) in [5.74, 6) is 0.437. The van der Waals surface area contributed by atoms with Crippen molar-refractivity contribution in [3.05, 3.63) is 82.0 Å². The Kier molecular flexibility index (Phi) is 4.56. The van der Waals surface area contributed by atoms with Gasteiger partial charge in [-0.05, 0) is 36.6 Å². The van der Waals surface area contributed by atoms with Gasteiger partial charge in [0, 0.05) is 11.4 Å². The number of aromatic hydroxyl groups is 1. The number of hydrogen-bond donors (Lipinski definition) is 3. The Morgan fingerprint density at radius 3 is 2.74 bits per heavy atom. The van der Waals surface area contributed by atoms with E-state index in [9.17, 15) is 9.90 Å². The highest BCUT2D eigenvalue weighted by atomic mass is 35.5. The molecule has 0 aliphatic rings. The van der Waals surface area contributed by atoms with Crippen LogP contribution in [0.4, 0.5) is 5.82 Å². The van der Waals surface area contributed by atoms with Gasteiger partial charge in [0.2, 0.25) is 0 Å². The fourth-order valence-corrected chi connectivity index (χ4v) is 3.96. The number of aromatic amines is 1. The molecule has 5 aromatic rings. The second-order valence-corrected chi connectivity index (χ2v) is 7.50. The Morgan fingerprint density at radius 2 is 1.94 bits per heavy atom. The maximum Gasteiger partial charge on any atom is 0.293 e. The molecule has 0 aliphatic heterocycles. The van der Waals surface area contributed by atoms with Crippen LogP contribution in [-0.2, 0) is 0 Å². The first-order valence-corrected chi connectivity index (χ1v) is 9.96. The number of halogens is 1. The number of benzene rings is 2. The summed E-state index contributed by atoms with van der Waals surface area (Å²) < 4.78 is 1.65. The highest BCUT2D eigenvalue weighted by Gasteiger charge is 2.19. The largest absolute Gasteiger partial charge is 0.480 e. The van der Waals surface area contributed by atoms with Crippen LogP contribution in [0.3, 0.4) is 0 Å². The van der Waals surface area contributed by atoms with Crippen LogP contribution >= 0.6 is 11.6 Å². The van der Waals surface area contributed by atoms with E-state index in [0.717, 1.165) is 16.8 Å². The van der Waals surface area contributed by atoms with E-state index in [4.69, 9.17) is 11.6 Å². The molecular formula is C22H17ClN6O2. The third-order valence-corrected chi connectivity index (χ3v) is 5.42. The minimum absolute atomic E-state index is 0.205. The van der Waals surface area contributed by atoms with Crippen LogP contribution in [0.25, 0.3) is 27.6 Å². The molecule has 0 fully saturated rings. The Hall–Kier alpha value is -3.91.